The number of benzene rings is 1. The summed E-state index contributed by atoms with van der Waals surface area (Å²) < 4.78 is 0. The summed E-state index contributed by atoms with van der Waals surface area (Å²) in [7, 11) is 0. The van der Waals surface area contributed by atoms with Crippen LogP contribution in [0.4, 0.5) is 5.69 Å². The Kier molecular flexibility index (Phi) is 2.43. The van der Waals surface area contributed by atoms with E-state index in [4.69, 9.17) is 0 Å². The number of amides is 1. The smallest absolute Gasteiger partial charge is 0.312 e. The third kappa shape index (κ3) is 1.74. The first kappa shape index (κ1) is 11.9. The second kappa shape index (κ2) is 4.08. The molecule has 3 aliphatic rings. The topological polar surface area (TPSA) is 57.6 Å². The van der Waals surface area contributed by atoms with E-state index in [9.17, 15) is 14.7 Å². The molecule has 1 aromatic carbocycles. The van der Waals surface area contributed by atoms with Gasteiger partial charge in [-0.3, -0.25) is 9.59 Å². The third-order valence-corrected chi connectivity index (χ3v) is 4.92. The maximum absolute atomic E-state index is 12.6. The lowest BCUT2D eigenvalue weighted by molar-refractivity contribution is -0.138. The summed E-state index contributed by atoms with van der Waals surface area (Å²) in [4.78, 5) is 25.7. The van der Waals surface area contributed by atoms with Crippen LogP contribution in [-0.2, 0) is 9.59 Å². The standard InChI is InChI=1S/C16H17NO3/c18-15(12-7-11(12)9-5-6-9)17-8-13(16(19)20)10-3-1-2-4-14(10)17/h1-4,9,11-13H,5-8H2,(H,19,20). The van der Waals surface area contributed by atoms with Crippen molar-refractivity contribution in [3.8, 4) is 0 Å². The molecule has 20 heavy (non-hydrogen) atoms. The second-order valence-electron chi connectivity index (χ2n) is 6.24. The van der Waals surface area contributed by atoms with Crippen molar-refractivity contribution in [1.82, 2.24) is 0 Å². The minimum absolute atomic E-state index is 0.137. The van der Waals surface area contributed by atoms with Gasteiger partial charge in [0.15, 0.2) is 0 Å². The molecule has 4 heteroatoms. The number of anilines is 1. The van der Waals surface area contributed by atoms with Gasteiger partial charge in [0, 0.05) is 18.2 Å². The lowest BCUT2D eigenvalue weighted by Crippen LogP contribution is -2.33. The van der Waals surface area contributed by atoms with Crippen LogP contribution in [0.15, 0.2) is 24.3 Å². The quantitative estimate of drug-likeness (QED) is 0.917. The van der Waals surface area contributed by atoms with Gasteiger partial charge in [0.2, 0.25) is 5.91 Å². The van der Waals surface area contributed by atoms with Crippen molar-refractivity contribution >= 4 is 17.6 Å². The number of carbonyl (C=O) groups is 2. The molecule has 4 nitrogen and oxygen atoms in total. The molecule has 0 radical (unpaired) electrons. The first-order valence-electron chi connectivity index (χ1n) is 7.30. The molecule has 0 bridgehead atoms. The van der Waals surface area contributed by atoms with Crippen LogP contribution in [0, 0.1) is 17.8 Å². The van der Waals surface area contributed by atoms with Crippen LogP contribution >= 0.6 is 0 Å². The molecule has 1 aromatic rings. The van der Waals surface area contributed by atoms with Gasteiger partial charge in [-0.25, -0.2) is 0 Å². The average Bonchev–Trinajstić information content (AvgIpc) is 3.31. The zero-order chi connectivity index (χ0) is 13.9. The van der Waals surface area contributed by atoms with Crippen molar-refractivity contribution in [2.75, 3.05) is 11.4 Å². The maximum Gasteiger partial charge on any atom is 0.312 e. The van der Waals surface area contributed by atoms with Crippen molar-refractivity contribution in [2.24, 2.45) is 17.8 Å². The molecule has 1 heterocycles. The molecular formula is C16H17NO3. The Bertz CT molecular complexity index is 593. The highest BCUT2D eigenvalue weighted by Crippen LogP contribution is 2.55. The fourth-order valence-corrected chi connectivity index (χ4v) is 3.57. The van der Waals surface area contributed by atoms with E-state index in [1.807, 2.05) is 24.3 Å². The van der Waals surface area contributed by atoms with E-state index >= 15 is 0 Å². The van der Waals surface area contributed by atoms with Gasteiger partial charge in [-0.1, -0.05) is 18.2 Å². The Labute approximate surface area is 117 Å². The molecule has 2 aliphatic carbocycles. The van der Waals surface area contributed by atoms with E-state index in [0.29, 0.717) is 12.5 Å². The van der Waals surface area contributed by atoms with Gasteiger partial charge in [-0.2, -0.15) is 0 Å². The van der Waals surface area contributed by atoms with Gasteiger partial charge in [0.1, 0.15) is 5.92 Å². The molecule has 0 aromatic heterocycles. The number of aliphatic carboxylic acids is 1. The SMILES string of the molecule is O=C(O)C1CN(C(=O)C2CC2C2CC2)c2ccccc21. The number of carbonyl (C=O) groups excluding carboxylic acids is 1. The molecule has 3 unspecified atom stereocenters. The van der Waals surface area contributed by atoms with E-state index in [1.54, 1.807) is 4.90 Å². The van der Waals surface area contributed by atoms with Crippen LogP contribution in [0.25, 0.3) is 0 Å². The number of carboxylic acids is 1. The summed E-state index contributed by atoms with van der Waals surface area (Å²) in [5, 5.41) is 9.33. The molecule has 4 rings (SSSR count). The molecule has 1 N–H and O–H groups in total. The lowest BCUT2D eigenvalue weighted by atomic mass is 10.0. The number of hydrogen-bond donors (Lipinski definition) is 1. The van der Waals surface area contributed by atoms with E-state index < -0.39 is 11.9 Å². The molecule has 104 valence electrons. The predicted molar refractivity (Wildman–Crippen MR) is 73.5 cm³/mol. The number of nitrogens with zero attached hydrogens (tertiary/aromatic N) is 1. The predicted octanol–water partition coefficient (Wildman–Crippen LogP) is 2.25. The van der Waals surface area contributed by atoms with Gasteiger partial charge >= 0.3 is 5.97 Å². The largest absolute Gasteiger partial charge is 0.481 e. The van der Waals surface area contributed by atoms with Gasteiger partial charge < -0.3 is 10.0 Å². The fraction of sp³-hybridized carbons (Fsp3) is 0.500. The van der Waals surface area contributed by atoms with Gasteiger partial charge in [-0.15, -0.1) is 0 Å². The summed E-state index contributed by atoms with van der Waals surface area (Å²) in [5.74, 6) is 0.187. The molecule has 0 spiro atoms. The van der Waals surface area contributed by atoms with E-state index in [-0.39, 0.29) is 11.8 Å². The van der Waals surface area contributed by atoms with Crippen LogP contribution in [0.1, 0.15) is 30.7 Å². The molecule has 2 saturated carbocycles. The van der Waals surface area contributed by atoms with Crippen molar-refractivity contribution in [3.63, 3.8) is 0 Å². The normalized spacial score (nSPS) is 31.0. The Balaban J connectivity index is 1.60. The Morgan fingerprint density at radius 3 is 2.65 bits per heavy atom. The summed E-state index contributed by atoms with van der Waals surface area (Å²) in [5.41, 5.74) is 1.57. The average molecular weight is 271 g/mol. The molecule has 1 amide bonds. The van der Waals surface area contributed by atoms with Gasteiger partial charge in [0.05, 0.1) is 0 Å². The number of rotatable bonds is 3. The van der Waals surface area contributed by atoms with Gasteiger partial charge in [-0.05, 0) is 42.7 Å². The monoisotopic (exact) mass is 271 g/mol. The zero-order valence-corrected chi connectivity index (χ0v) is 11.2. The third-order valence-electron chi connectivity index (χ3n) is 4.92. The van der Waals surface area contributed by atoms with Crippen LogP contribution in [0.5, 0.6) is 0 Å². The first-order chi connectivity index (χ1) is 9.66. The Hall–Kier alpha value is -1.84. The number of fused-ring (bicyclic) bond motifs is 1. The highest BCUT2D eigenvalue weighted by Gasteiger charge is 2.53. The highest BCUT2D eigenvalue weighted by atomic mass is 16.4. The molecular weight excluding hydrogens is 254 g/mol. The fourth-order valence-electron chi connectivity index (χ4n) is 3.57. The number of hydrogen-bond acceptors (Lipinski definition) is 2. The van der Waals surface area contributed by atoms with Crippen LogP contribution in [0.3, 0.4) is 0 Å². The first-order valence-corrected chi connectivity index (χ1v) is 7.30. The van der Waals surface area contributed by atoms with Crippen molar-refractivity contribution in [3.05, 3.63) is 29.8 Å². The summed E-state index contributed by atoms with van der Waals surface area (Å²) in [6.45, 7) is 0.293. The Morgan fingerprint density at radius 1 is 1.20 bits per heavy atom. The van der Waals surface area contributed by atoms with E-state index in [1.165, 1.54) is 12.8 Å². The lowest BCUT2D eigenvalue weighted by Gasteiger charge is -2.17. The summed E-state index contributed by atoms with van der Waals surface area (Å²) in [6, 6.07) is 7.40. The molecule has 3 atom stereocenters. The van der Waals surface area contributed by atoms with Crippen LogP contribution in [0.2, 0.25) is 0 Å². The molecule has 0 saturated heterocycles. The van der Waals surface area contributed by atoms with E-state index in [0.717, 1.165) is 23.6 Å². The molecule has 2 fully saturated rings. The molecule has 1 aliphatic heterocycles. The minimum Gasteiger partial charge on any atom is -0.481 e. The summed E-state index contributed by atoms with van der Waals surface area (Å²) >= 11 is 0. The second-order valence-corrected chi connectivity index (χ2v) is 6.24. The zero-order valence-electron chi connectivity index (χ0n) is 11.2. The van der Waals surface area contributed by atoms with Crippen LogP contribution in [-0.4, -0.2) is 23.5 Å². The highest BCUT2D eigenvalue weighted by molar-refractivity contribution is 6.01. The van der Waals surface area contributed by atoms with Crippen molar-refractivity contribution in [2.45, 2.75) is 25.2 Å². The van der Waals surface area contributed by atoms with Gasteiger partial charge in [0.25, 0.3) is 0 Å². The minimum atomic E-state index is -0.845. The van der Waals surface area contributed by atoms with E-state index in [2.05, 4.69) is 0 Å². The van der Waals surface area contributed by atoms with Crippen LogP contribution < -0.4 is 4.90 Å². The van der Waals surface area contributed by atoms with Crippen molar-refractivity contribution < 1.29 is 14.7 Å². The maximum atomic E-state index is 12.6. The Morgan fingerprint density at radius 2 is 1.95 bits per heavy atom. The number of carboxylic acid groups (broad SMARTS) is 1. The number of para-hydroxylation sites is 1. The van der Waals surface area contributed by atoms with Crippen molar-refractivity contribution in [1.29, 1.82) is 0 Å². The summed E-state index contributed by atoms with van der Waals surface area (Å²) in [6.07, 6.45) is 3.53.